The van der Waals surface area contributed by atoms with Gasteiger partial charge in [-0.25, -0.2) is 9.67 Å². The van der Waals surface area contributed by atoms with Crippen LogP contribution < -0.4 is 4.74 Å². The smallest absolute Gasteiger partial charge is 0.234 e. The van der Waals surface area contributed by atoms with Crippen molar-refractivity contribution in [3.63, 3.8) is 0 Å². The van der Waals surface area contributed by atoms with Crippen molar-refractivity contribution in [1.29, 1.82) is 0 Å². The molecular formula is C14H15N5O4. The van der Waals surface area contributed by atoms with Crippen LogP contribution in [0, 0.1) is 0 Å². The van der Waals surface area contributed by atoms with E-state index >= 15 is 0 Å². The third-order valence-electron chi connectivity index (χ3n) is 3.13. The fourth-order valence-electron chi connectivity index (χ4n) is 2.01. The fraction of sp³-hybridized carbons (Fsp3) is 0.286. The highest BCUT2D eigenvalue weighted by Gasteiger charge is 2.12. The Hall–Kier alpha value is -2.94. The van der Waals surface area contributed by atoms with E-state index < -0.39 is 0 Å². The fourth-order valence-corrected chi connectivity index (χ4v) is 2.01. The van der Waals surface area contributed by atoms with E-state index in [4.69, 9.17) is 9.47 Å². The highest BCUT2D eigenvalue weighted by atomic mass is 16.5. The van der Waals surface area contributed by atoms with Crippen LogP contribution in [0.15, 0.2) is 24.4 Å². The minimum absolute atomic E-state index is 0.0481. The van der Waals surface area contributed by atoms with Crippen LogP contribution in [0.4, 0.5) is 0 Å². The Kier molecular flexibility index (Phi) is 4.20. The van der Waals surface area contributed by atoms with Gasteiger partial charge in [-0.1, -0.05) is 5.21 Å². The minimum atomic E-state index is 0.0481. The molecule has 0 saturated heterocycles. The predicted octanol–water partition coefficient (Wildman–Crippen LogP) is 0.706. The molecule has 0 radical (unpaired) electrons. The lowest BCUT2D eigenvalue weighted by atomic mass is 10.2. The van der Waals surface area contributed by atoms with Gasteiger partial charge in [0.15, 0.2) is 0 Å². The summed E-state index contributed by atoms with van der Waals surface area (Å²) in [6.07, 6.45) is 1.46. The maximum atomic E-state index is 9.86. The first kappa shape index (κ1) is 15.0. The van der Waals surface area contributed by atoms with Crippen molar-refractivity contribution in [3.8, 4) is 17.4 Å². The van der Waals surface area contributed by atoms with E-state index in [2.05, 4.69) is 20.3 Å². The largest absolute Gasteiger partial charge is 0.508 e. The molecule has 0 unspecified atom stereocenters. The average molecular weight is 317 g/mol. The Labute approximate surface area is 131 Å². The van der Waals surface area contributed by atoms with Gasteiger partial charge in [0.05, 0.1) is 19.3 Å². The number of phenols is 2. The van der Waals surface area contributed by atoms with Gasteiger partial charge in [-0.15, -0.1) is 5.10 Å². The molecule has 9 heteroatoms. The summed E-state index contributed by atoms with van der Waals surface area (Å²) in [6, 6.07) is 4.27. The van der Waals surface area contributed by atoms with E-state index in [9.17, 15) is 10.2 Å². The molecule has 0 atom stereocenters. The Morgan fingerprint density at radius 2 is 2.09 bits per heavy atom. The van der Waals surface area contributed by atoms with Crippen molar-refractivity contribution in [1.82, 2.24) is 25.0 Å². The molecule has 0 saturated carbocycles. The number of hydrogen-bond donors (Lipinski definition) is 2. The van der Waals surface area contributed by atoms with Gasteiger partial charge in [0.2, 0.25) is 17.2 Å². The topological polar surface area (TPSA) is 115 Å². The highest BCUT2D eigenvalue weighted by molar-refractivity contribution is 5.64. The van der Waals surface area contributed by atoms with Gasteiger partial charge in [-0.2, -0.15) is 4.98 Å². The minimum Gasteiger partial charge on any atom is -0.508 e. The Morgan fingerprint density at radius 3 is 2.91 bits per heavy atom. The zero-order valence-corrected chi connectivity index (χ0v) is 12.4. The number of benzene rings is 1. The maximum absolute atomic E-state index is 9.86. The van der Waals surface area contributed by atoms with E-state index in [-0.39, 0.29) is 18.0 Å². The number of phenolic OH excluding ortho intramolecular Hbond substituents is 2. The molecular weight excluding hydrogens is 302 g/mol. The first-order valence-corrected chi connectivity index (χ1v) is 6.86. The highest BCUT2D eigenvalue weighted by Crippen LogP contribution is 2.23. The standard InChI is InChI=1S/C14H15N5O4/c1-22-4-5-23-12-7-15-13-14(16-12)19(18-17-13)8-9-6-10(20)2-3-11(9)21/h2-3,6-7,20-21H,4-5,8H2,1H3. The van der Waals surface area contributed by atoms with Gasteiger partial charge in [0.1, 0.15) is 18.1 Å². The molecule has 0 aliphatic heterocycles. The second-order valence-corrected chi connectivity index (χ2v) is 4.76. The van der Waals surface area contributed by atoms with E-state index in [0.717, 1.165) is 0 Å². The van der Waals surface area contributed by atoms with Crippen LogP contribution in [0.2, 0.25) is 0 Å². The van der Waals surface area contributed by atoms with Crippen molar-refractivity contribution in [2.45, 2.75) is 6.54 Å². The summed E-state index contributed by atoms with van der Waals surface area (Å²) in [5.74, 6) is 0.432. The quantitative estimate of drug-likeness (QED) is 0.504. The number of aromatic hydroxyl groups is 2. The Bertz CT molecular complexity index is 820. The third kappa shape index (κ3) is 3.29. The van der Waals surface area contributed by atoms with Crippen LogP contribution in [0.25, 0.3) is 11.3 Å². The first-order chi connectivity index (χ1) is 11.2. The van der Waals surface area contributed by atoms with Crippen LogP contribution in [0.5, 0.6) is 17.4 Å². The molecule has 0 spiro atoms. The number of hydrogen-bond acceptors (Lipinski definition) is 8. The molecule has 0 aliphatic rings. The molecule has 0 aliphatic carbocycles. The van der Waals surface area contributed by atoms with Crippen LogP contribution in [0.1, 0.15) is 5.56 Å². The number of rotatable bonds is 6. The summed E-state index contributed by atoms with van der Waals surface area (Å²) in [5, 5.41) is 27.3. The van der Waals surface area contributed by atoms with Crippen LogP contribution in [-0.2, 0) is 11.3 Å². The molecule has 2 heterocycles. The molecule has 2 aromatic heterocycles. The summed E-state index contributed by atoms with van der Waals surface area (Å²) >= 11 is 0. The van der Waals surface area contributed by atoms with Gasteiger partial charge < -0.3 is 19.7 Å². The van der Waals surface area contributed by atoms with Crippen LogP contribution >= 0.6 is 0 Å². The summed E-state index contributed by atoms with van der Waals surface area (Å²) in [6.45, 7) is 0.979. The molecule has 2 N–H and O–H groups in total. The lowest BCUT2D eigenvalue weighted by molar-refractivity contribution is 0.143. The van der Waals surface area contributed by atoms with E-state index in [1.807, 2.05) is 0 Å². The summed E-state index contributed by atoms with van der Waals surface area (Å²) in [4.78, 5) is 8.44. The van der Waals surface area contributed by atoms with Crippen LogP contribution in [0.3, 0.4) is 0 Å². The lowest BCUT2D eigenvalue weighted by Gasteiger charge is -2.06. The van der Waals surface area contributed by atoms with Crippen molar-refractivity contribution >= 4 is 11.3 Å². The molecule has 120 valence electrons. The number of aromatic nitrogens is 5. The number of fused-ring (bicyclic) bond motifs is 1. The van der Waals surface area contributed by atoms with Crippen molar-refractivity contribution in [3.05, 3.63) is 30.0 Å². The Balaban J connectivity index is 1.88. The van der Waals surface area contributed by atoms with Crippen molar-refractivity contribution < 1.29 is 19.7 Å². The lowest BCUT2D eigenvalue weighted by Crippen LogP contribution is -2.07. The molecule has 3 rings (SSSR count). The molecule has 0 fully saturated rings. The normalized spacial score (nSPS) is 11.0. The van der Waals surface area contributed by atoms with Crippen molar-refractivity contribution in [2.24, 2.45) is 0 Å². The SMILES string of the molecule is COCCOc1cnc2nnn(Cc3cc(O)ccc3O)c2n1. The molecule has 0 bridgehead atoms. The number of ether oxygens (including phenoxy) is 2. The van der Waals surface area contributed by atoms with Gasteiger partial charge in [0, 0.05) is 12.7 Å². The molecule has 9 nitrogen and oxygen atoms in total. The molecule has 1 aromatic carbocycles. The number of methoxy groups -OCH3 is 1. The van der Waals surface area contributed by atoms with Gasteiger partial charge >= 0.3 is 0 Å². The predicted molar refractivity (Wildman–Crippen MR) is 79.4 cm³/mol. The molecule has 23 heavy (non-hydrogen) atoms. The second kappa shape index (κ2) is 6.44. The summed E-state index contributed by atoms with van der Waals surface area (Å²) in [7, 11) is 1.58. The average Bonchev–Trinajstić information content (AvgIpc) is 2.94. The zero-order chi connectivity index (χ0) is 16.2. The van der Waals surface area contributed by atoms with E-state index in [1.165, 1.54) is 29.1 Å². The zero-order valence-electron chi connectivity index (χ0n) is 12.4. The molecule has 0 amide bonds. The van der Waals surface area contributed by atoms with Gasteiger partial charge in [-0.05, 0) is 18.2 Å². The van der Waals surface area contributed by atoms with Gasteiger partial charge in [0.25, 0.3) is 0 Å². The van der Waals surface area contributed by atoms with Gasteiger partial charge in [-0.3, -0.25) is 0 Å². The van der Waals surface area contributed by atoms with Crippen LogP contribution in [-0.4, -0.2) is 55.5 Å². The first-order valence-electron chi connectivity index (χ1n) is 6.86. The van der Waals surface area contributed by atoms with E-state index in [0.29, 0.717) is 36.0 Å². The second-order valence-electron chi connectivity index (χ2n) is 4.76. The summed E-state index contributed by atoms with van der Waals surface area (Å²) in [5.41, 5.74) is 1.27. The third-order valence-corrected chi connectivity index (χ3v) is 3.13. The van der Waals surface area contributed by atoms with Crippen molar-refractivity contribution in [2.75, 3.05) is 20.3 Å². The maximum Gasteiger partial charge on any atom is 0.234 e. The Morgan fingerprint density at radius 1 is 1.22 bits per heavy atom. The van der Waals surface area contributed by atoms with E-state index in [1.54, 1.807) is 7.11 Å². The monoisotopic (exact) mass is 317 g/mol. The summed E-state index contributed by atoms with van der Waals surface area (Å²) < 4.78 is 11.8. The molecule has 3 aromatic rings. The number of nitrogens with zero attached hydrogens (tertiary/aromatic N) is 5.